The molecule has 0 amide bonds. The lowest BCUT2D eigenvalue weighted by atomic mass is 10.6. The predicted octanol–water partition coefficient (Wildman–Crippen LogP) is 0.822. The molecule has 2 aromatic rings. The van der Waals surface area contributed by atoms with Crippen LogP contribution in [0.15, 0.2) is 10.7 Å². The molecule has 6 nitrogen and oxygen atoms in total. The van der Waals surface area contributed by atoms with E-state index >= 15 is 0 Å². The maximum Gasteiger partial charge on any atom is 0.196 e. The van der Waals surface area contributed by atoms with Crippen molar-refractivity contribution in [2.24, 2.45) is 7.05 Å². The van der Waals surface area contributed by atoms with E-state index < -0.39 is 0 Å². The van der Waals surface area contributed by atoms with Gasteiger partial charge < -0.3 is 0 Å². The minimum Gasteiger partial charge on any atom is -0.263 e. The Morgan fingerprint density at radius 2 is 2.29 bits per heavy atom. The van der Waals surface area contributed by atoms with Crippen LogP contribution in [0.5, 0.6) is 0 Å². The van der Waals surface area contributed by atoms with Crippen LogP contribution in [0.25, 0.3) is 0 Å². The lowest BCUT2D eigenvalue weighted by Crippen LogP contribution is -2.03. The molecule has 0 atom stereocenters. The molecule has 0 aliphatic heterocycles. The Kier molecular flexibility index (Phi) is 2.81. The molecule has 0 aromatic carbocycles. The van der Waals surface area contributed by atoms with E-state index in [1.54, 1.807) is 11.7 Å². The summed E-state index contributed by atoms with van der Waals surface area (Å²) >= 11 is 5.53. The number of aryl methyl sites for hydroxylation is 1. The summed E-state index contributed by atoms with van der Waals surface area (Å²) in [6.07, 6.45) is 1.89. The van der Waals surface area contributed by atoms with Gasteiger partial charge >= 0.3 is 0 Å². The number of hydrogen-bond acceptors (Lipinski definition) is 4. The van der Waals surface area contributed by atoms with Gasteiger partial charge in [0.25, 0.3) is 0 Å². The fraction of sp³-hybridized carbons (Fsp3) is 0.333. The molecule has 2 rings (SSSR count). The van der Waals surface area contributed by atoms with Crippen molar-refractivity contribution in [3.05, 3.63) is 20.2 Å². The van der Waals surface area contributed by atoms with E-state index in [9.17, 15) is 0 Å². The smallest absolute Gasteiger partial charge is 0.196 e. The van der Waals surface area contributed by atoms with Gasteiger partial charge in [-0.3, -0.25) is 4.68 Å². The van der Waals surface area contributed by atoms with E-state index in [2.05, 4.69) is 59.0 Å². The van der Waals surface area contributed by atoms with Crippen LogP contribution in [0.1, 0.15) is 5.82 Å². The standard InChI is InChI=1S/C6H6BrIN6/c1-13-10-5(9-12-13)3-14-2-4(7)6(8)11-14/h2H,3H2,1H3. The van der Waals surface area contributed by atoms with Gasteiger partial charge in [0.05, 0.1) is 11.5 Å². The zero-order chi connectivity index (χ0) is 10.1. The average molecular weight is 369 g/mol. The van der Waals surface area contributed by atoms with Gasteiger partial charge in [0.1, 0.15) is 10.2 Å². The average Bonchev–Trinajstić information content (AvgIpc) is 2.62. The van der Waals surface area contributed by atoms with E-state index in [1.165, 1.54) is 4.80 Å². The van der Waals surface area contributed by atoms with Crippen LogP contribution in [-0.2, 0) is 13.6 Å². The van der Waals surface area contributed by atoms with Gasteiger partial charge in [0.15, 0.2) is 5.82 Å². The minimum atomic E-state index is 0.537. The lowest BCUT2D eigenvalue weighted by Gasteiger charge is -1.93. The normalized spacial score (nSPS) is 10.8. The first-order valence-electron chi connectivity index (χ1n) is 3.76. The van der Waals surface area contributed by atoms with Crippen LogP contribution in [0, 0.1) is 3.70 Å². The topological polar surface area (TPSA) is 61.4 Å². The zero-order valence-electron chi connectivity index (χ0n) is 7.22. The van der Waals surface area contributed by atoms with Crippen molar-refractivity contribution in [3.8, 4) is 0 Å². The third-order valence-corrected chi connectivity index (χ3v) is 3.65. The summed E-state index contributed by atoms with van der Waals surface area (Å²) in [6.45, 7) is 0.537. The molecule has 2 heterocycles. The first-order valence-corrected chi connectivity index (χ1v) is 5.63. The molecule has 0 fully saturated rings. The summed E-state index contributed by atoms with van der Waals surface area (Å²) in [5.41, 5.74) is 0. The Morgan fingerprint density at radius 3 is 2.79 bits per heavy atom. The van der Waals surface area contributed by atoms with Gasteiger partial charge in [-0.2, -0.15) is 9.90 Å². The number of halogens is 2. The van der Waals surface area contributed by atoms with Gasteiger partial charge in [0.2, 0.25) is 0 Å². The Hall–Kier alpha value is -0.510. The van der Waals surface area contributed by atoms with Crippen LogP contribution in [0.2, 0.25) is 0 Å². The molecule has 8 heteroatoms. The van der Waals surface area contributed by atoms with E-state index in [1.807, 2.05) is 6.20 Å². The highest BCUT2D eigenvalue weighted by Crippen LogP contribution is 2.16. The Morgan fingerprint density at radius 1 is 1.50 bits per heavy atom. The first-order chi connectivity index (χ1) is 6.65. The number of nitrogens with zero attached hydrogens (tertiary/aromatic N) is 6. The van der Waals surface area contributed by atoms with Crippen LogP contribution < -0.4 is 0 Å². The summed E-state index contributed by atoms with van der Waals surface area (Å²) in [4.78, 5) is 1.43. The zero-order valence-corrected chi connectivity index (χ0v) is 11.0. The molecule has 74 valence electrons. The first kappa shape index (κ1) is 10.0. The van der Waals surface area contributed by atoms with E-state index in [0.29, 0.717) is 12.4 Å². The maximum absolute atomic E-state index is 4.25. The van der Waals surface area contributed by atoms with Gasteiger partial charge in [-0.25, -0.2) is 0 Å². The predicted molar refractivity (Wildman–Crippen MR) is 60.5 cm³/mol. The van der Waals surface area contributed by atoms with E-state index in [0.717, 1.165) is 8.17 Å². The fourth-order valence-electron chi connectivity index (χ4n) is 0.986. The summed E-state index contributed by atoms with van der Waals surface area (Å²) in [5, 5.41) is 15.9. The second kappa shape index (κ2) is 3.93. The molecule has 0 unspecified atom stereocenters. The summed E-state index contributed by atoms with van der Waals surface area (Å²) in [6, 6.07) is 0. The highest BCUT2D eigenvalue weighted by molar-refractivity contribution is 14.1. The second-order valence-electron chi connectivity index (χ2n) is 2.66. The molecule has 0 bridgehead atoms. The largest absolute Gasteiger partial charge is 0.263 e. The quantitative estimate of drug-likeness (QED) is 0.736. The second-order valence-corrected chi connectivity index (χ2v) is 4.54. The van der Waals surface area contributed by atoms with Gasteiger partial charge in [-0.1, -0.05) is 0 Å². The number of tetrazole rings is 1. The highest BCUT2D eigenvalue weighted by atomic mass is 127. The fourth-order valence-corrected chi connectivity index (χ4v) is 1.72. The van der Waals surface area contributed by atoms with Crippen LogP contribution in [0.3, 0.4) is 0 Å². The molecule has 2 aromatic heterocycles. The van der Waals surface area contributed by atoms with Crippen molar-refractivity contribution < 1.29 is 0 Å². The van der Waals surface area contributed by atoms with Crippen molar-refractivity contribution >= 4 is 38.5 Å². The Bertz CT molecular complexity index is 429. The molecule has 14 heavy (non-hydrogen) atoms. The molecule has 0 spiro atoms. The van der Waals surface area contributed by atoms with Gasteiger partial charge in [0, 0.05) is 6.20 Å². The van der Waals surface area contributed by atoms with Crippen LogP contribution in [0.4, 0.5) is 0 Å². The third-order valence-electron chi connectivity index (χ3n) is 1.53. The Balaban J connectivity index is 2.18. The van der Waals surface area contributed by atoms with Crippen molar-refractivity contribution in [2.45, 2.75) is 6.54 Å². The molecular weight excluding hydrogens is 363 g/mol. The summed E-state index contributed by atoms with van der Waals surface area (Å²) < 4.78 is 3.66. The van der Waals surface area contributed by atoms with E-state index in [-0.39, 0.29) is 0 Å². The van der Waals surface area contributed by atoms with Crippen molar-refractivity contribution in [3.63, 3.8) is 0 Å². The number of aromatic nitrogens is 6. The maximum atomic E-state index is 4.25. The van der Waals surface area contributed by atoms with Crippen molar-refractivity contribution in [1.29, 1.82) is 0 Å². The lowest BCUT2D eigenvalue weighted by molar-refractivity contribution is 0.616. The Labute approximate surface area is 102 Å². The molecule has 0 radical (unpaired) electrons. The molecule has 0 saturated heterocycles. The summed E-state index contributed by atoms with van der Waals surface area (Å²) in [5.74, 6) is 0.652. The van der Waals surface area contributed by atoms with E-state index in [4.69, 9.17) is 0 Å². The van der Waals surface area contributed by atoms with Gasteiger partial charge in [-0.05, 0) is 43.7 Å². The molecular formula is C6H6BrIN6. The van der Waals surface area contributed by atoms with Crippen LogP contribution >= 0.6 is 38.5 Å². The number of rotatable bonds is 2. The minimum absolute atomic E-state index is 0.537. The third kappa shape index (κ3) is 2.11. The highest BCUT2D eigenvalue weighted by Gasteiger charge is 2.06. The number of hydrogen-bond donors (Lipinski definition) is 0. The van der Waals surface area contributed by atoms with Crippen molar-refractivity contribution in [2.75, 3.05) is 0 Å². The monoisotopic (exact) mass is 368 g/mol. The SMILES string of the molecule is Cn1nnc(Cn2cc(Br)c(I)n2)n1. The molecule has 0 saturated carbocycles. The van der Waals surface area contributed by atoms with Crippen LogP contribution in [-0.4, -0.2) is 30.0 Å². The molecule has 0 aliphatic carbocycles. The summed E-state index contributed by atoms with van der Waals surface area (Å²) in [7, 11) is 1.74. The molecule has 0 N–H and O–H groups in total. The molecule has 0 aliphatic rings. The van der Waals surface area contributed by atoms with Gasteiger partial charge in [-0.15, -0.1) is 10.2 Å². The van der Waals surface area contributed by atoms with Crippen molar-refractivity contribution in [1.82, 2.24) is 30.0 Å².